The molecule has 4 heteroatoms. The molecule has 1 saturated carbocycles. The highest BCUT2D eigenvalue weighted by Crippen LogP contribution is 2.38. The molecular formula is C18H29ClN2O. The van der Waals surface area contributed by atoms with Gasteiger partial charge in [0.2, 0.25) is 5.91 Å². The first-order valence-corrected chi connectivity index (χ1v) is 8.21. The minimum Gasteiger partial charge on any atom is -0.339 e. The van der Waals surface area contributed by atoms with Crippen LogP contribution in [-0.4, -0.2) is 23.9 Å². The molecule has 22 heavy (non-hydrogen) atoms. The Balaban J connectivity index is 0.00000242. The van der Waals surface area contributed by atoms with Crippen molar-refractivity contribution in [2.45, 2.75) is 52.0 Å². The Morgan fingerprint density at radius 2 is 1.82 bits per heavy atom. The van der Waals surface area contributed by atoms with Crippen LogP contribution in [0, 0.1) is 5.41 Å². The zero-order chi connectivity index (χ0) is 15.1. The molecule has 1 aromatic rings. The van der Waals surface area contributed by atoms with Crippen LogP contribution >= 0.6 is 12.4 Å². The fraction of sp³-hybridized carbons (Fsp3) is 0.611. The fourth-order valence-electron chi connectivity index (χ4n) is 3.37. The monoisotopic (exact) mass is 324 g/mol. The Labute approximate surface area is 140 Å². The van der Waals surface area contributed by atoms with Crippen LogP contribution in [0.1, 0.15) is 51.0 Å². The van der Waals surface area contributed by atoms with E-state index in [-0.39, 0.29) is 23.7 Å². The summed E-state index contributed by atoms with van der Waals surface area (Å²) in [5.74, 6) is 0.258. The first kappa shape index (κ1) is 19.0. The van der Waals surface area contributed by atoms with E-state index in [1.54, 1.807) is 0 Å². The summed E-state index contributed by atoms with van der Waals surface area (Å²) < 4.78 is 0. The first-order chi connectivity index (χ1) is 10.2. The molecule has 0 saturated heterocycles. The van der Waals surface area contributed by atoms with Gasteiger partial charge in [0, 0.05) is 19.5 Å². The standard InChI is InChI=1S/C18H28N2O.ClH/c1-2-20(14-16-9-5-3-6-10-16)17(21)13-18(15-19)11-7-4-8-12-18;/h3,5-6,9-10H,2,4,7-8,11-15,19H2,1H3;1H. The van der Waals surface area contributed by atoms with Crippen LogP contribution in [0.2, 0.25) is 0 Å². The average molecular weight is 325 g/mol. The molecule has 0 heterocycles. The van der Waals surface area contributed by atoms with E-state index in [0.29, 0.717) is 19.5 Å². The molecular weight excluding hydrogens is 296 g/mol. The molecule has 124 valence electrons. The van der Waals surface area contributed by atoms with Gasteiger partial charge in [-0.15, -0.1) is 12.4 Å². The number of halogens is 1. The van der Waals surface area contributed by atoms with Crippen LogP contribution in [0.15, 0.2) is 30.3 Å². The maximum Gasteiger partial charge on any atom is 0.223 e. The van der Waals surface area contributed by atoms with Crippen LogP contribution in [0.25, 0.3) is 0 Å². The SMILES string of the molecule is CCN(Cc1ccccc1)C(=O)CC1(CN)CCCCC1.Cl. The summed E-state index contributed by atoms with van der Waals surface area (Å²) in [6, 6.07) is 10.2. The van der Waals surface area contributed by atoms with Gasteiger partial charge in [0.25, 0.3) is 0 Å². The van der Waals surface area contributed by atoms with E-state index >= 15 is 0 Å². The van der Waals surface area contributed by atoms with Crippen molar-refractivity contribution in [3.63, 3.8) is 0 Å². The average Bonchev–Trinajstić information content (AvgIpc) is 2.54. The minimum atomic E-state index is 0. The van der Waals surface area contributed by atoms with Gasteiger partial charge in [-0.2, -0.15) is 0 Å². The van der Waals surface area contributed by atoms with E-state index in [4.69, 9.17) is 5.73 Å². The molecule has 2 rings (SSSR count). The maximum absolute atomic E-state index is 12.7. The summed E-state index contributed by atoms with van der Waals surface area (Å²) in [5, 5.41) is 0. The molecule has 0 bridgehead atoms. The highest BCUT2D eigenvalue weighted by Gasteiger charge is 2.34. The van der Waals surface area contributed by atoms with Gasteiger partial charge in [0.1, 0.15) is 0 Å². The third kappa shape index (κ3) is 4.99. The second-order valence-corrected chi connectivity index (χ2v) is 6.34. The van der Waals surface area contributed by atoms with Crippen molar-refractivity contribution in [2.75, 3.05) is 13.1 Å². The molecule has 0 atom stereocenters. The molecule has 3 nitrogen and oxygen atoms in total. The summed E-state index contributed by atoms with van der Waals surface area (Å²) in [7, 11) is 0. The summed E-state index contributed by atoms with van der Waals surface area (Å²) in [5.41, 5.74) is 7.26. The number of carbonyl (C=O) groups is 1. The van der Waals surface area contributed by atoms with E-state index in [9.17, 15) is 4.79 Å². The van der Waals surface area contributed by atoms with Gasteiger partial charge in [-0.25, -0.2) is 0 Å². The predicted octanol–water partition coefficient (Wildman–Crippen LogP) is 3.76. The van der Waals surface area contributed by atoms with Gasteiger partial charge < -0.3 is 10.6 Å². The predicted molar refractivity (Wildman–Crippen MR) is 94.0 cm³/mol. The van der Waals surface area contributed by atoms with E-state index in [1.807, 2.05) is 23.1 Å². The Morgan fingerprint density at radius 3 is 2.36 bits per heavy atom. The zero-order valence-electron chi connectivity index (χ0n) is 13.6. The smallest absolute Gasteiger partial charge is 0.223 e. The number of hydrogen-bond acceptors (Lipinski definition) is 2. The molecule has 2 N–H and O–H groups in total. The van der Waals surface area contributed by atoms with Crippen molar-refractivity contribution in [3.8, 4) is 0 Å². The van der Waals surface area contributed by atoms with Crippen LogP contribution in [0.3, 0.4) is 0 Å². The lowest BCUT2D eigenvalue weighted by Gasteiger charge is -2.37. The van der Waals surface area contributed by atoms with Gasteiger partial charge >= 0.3 is 0 Å². The summed E-state index contributed by atoms with van der Waals surface area (Å²) in [6.45, 7) is 4.16. The Morgan fingerprint density at radius 1 is 1.18 bits per heavy atom. The van der Waals surface area contributed by atoms with Gasteiger partial charge in [0.05, 0.1) is 0 Å². The van der Waals surface area contributed by atoms with Crippen molar-refractivity contribution in [2.24, 2.45) is 11.1 Å². The largest absolute Gasteiger partial charge is 0.339 e. The number of nitrogens with zero attached hydrogens (tertiary/aromatic N) is 1. The molecule has 0 aliphatic heterocycles. The van der Waals surface area contributed by atoms with Gasteiger partial charge in [-0.1, -0.05) is 49.6 Å². The quantitative estimate of drug-likeness (QED) is 0.866. The molecule has 1 fully saturated rings. The second kappa shape index (κ2) is 9.16. The molecule has 1 aliphatic rings. The number of nitrogens with two attached hydrogens (primary N) is 1. The number of hydrogen-bond donors (Lipinski definition) is 1. The van der Waals surface area contributed by atoms with Crippen molar-refractivity contribution in [1.82, 2.24) is 4.90 Å². The highest BCUT2D eigenvalue weighted by atomic mass is 35.5. The van der Waals surface area contributed by atoms with E-state index < -0.39 is 0 Å². The maximum atomic E-state index is 12.7. The normalized spacial score (nSPS) is 16.6. The summed E-state index contributed by atoms with van der Waals surface area (Å²) >= 11 is 0. The van der Waals surface area contributed by atoms with Crippen LogP contribution in [0.4, 0.5) is 0 Å². The van der Waals surface area contributed by atoms with Crippen LogP contribution in [-0.2, 0) is 11.3 Å². The highest BCUT2D eigenvalue weighted by molar-refractivity contribution is 5.85. The number of benzene rings is 1. The molecule has 0 aromatic heterocycles. The minimum absolute atomic E-state index is 0. The molecule has 0 unspecified atom stereocenters. The van der Waals surface area contributed by atoms with Crippen molar-refractivity contribution in [1.29, 1.82) is 0 Å². The molecule has 1 aromatic carbocycles. The lowest BCUT2D eigenvalue weighted by atomic mass is 9.71. The molecule has 1 amide bonds. The lowest BCUT2D eigenvalue weighted by Crippen LogP contribution is -2.40. The Hall–Kier alpha value is -1.06. The van der Waals surface area contributed by atoms with Crippen molar-refractivity contribution in [3.05, 3.63) is 35.9 Å². The topological polar surface area (TPSA) is 46.3 Å². The van der Waals surface area contributed by atoms with Crippen LogP contribution in [0.5, 0.6) is 0 Å². The molecule has 0 radical (unpaired) electrons. The van der Waals surface area contributed by atoms with Crippen molar-refractivity contribution >= 4 is 18.3 Å². The number of rotatable bonds is 6. The third-order valence-electron chi connectivity index (χ3n) is 4.82. The summed E-state index contributed by atoms with van der Waals surface area (Å²) in [6.07, 6.45) is 6.56. The fourth-order valence-corrected chi connectivity index (χ4v) is 3.37. The summed E-state index contributed by atoms with van der Waals surface area (Å²) in [4.78, 5) is 14.6. The molecule has 0 spiro atoms. The first-order valence-electron chi connectivity index (χ1n) is 8.21. The lowest BCUT2D eigenvalue weighted by molar-refractivity contribution is -0.134. The van der Waals surface area contributed by atoms with E-state index in [0.717, 1.165) is 19.4 Å². The molecule has 1 aliphatic carbocycles. The van der Waals surface area contributed by atoms with Gasteiger partial charge in [-0.05, 0) is 37.3 Å². The number of amides is 1. The van der Waals surface area contributed by atoms with Crippen molar-refractivity contribution < 1.29 is 4.79 Å². The van der Waals surface area contributed by atoms with Gasteiger partial charge in [-0.3, -0.25) is 4.79 Å². The van der Waals surface area contributed by atoms with E-state index in [2.05, 4.69) is 19.1 Å². The van der Waals surface area contributed by atoms with E-state index in [1.165, 1.54) is 24.8 Å². The van der Waals surface area contributed by atoms with Gasteiger partial charge in [0.15, 0.2) is 0 Å². The third-order valence-corrected chi connectivity index (χ3v) is 4.82. The second-order valence-electron chi connectivity index (χ2n) is 6.34. The zero-order valence-corrected chi connectivity index (χ0v) is 14.4. The number of carbonyl (C=O) groups excluding carboxylic acids is 1. The Bertz CT molecular complexity index is 444. The Kier molecular flexibility index (Phi) is 7.91. The van der Waals surface area contributed by atoms with Crippen LogP contribution < -0.4 is 5.73 Å².